The molecule has 0 saturated carbocycles. The van der Waals surface area contributed by atoms with Crippen molar-refractivity contribution >= 4 is 71.1 Å². The van der Waals surface area contributed by atoms with Crippen molar-refractivity contribution in [2.75, 3.05) is 0 Å². The summed E-state index contributed by atoms with van der Waals surface area (Å²) in [6.07, 6.45) is 5.73. The third-order valence-electron chi connectivity index (χ3n) is 8.92. The lowest BCUT2D eigenvalue weighted by molar-refractivity contribution is 1.15. The van der Waals surface area contributed by atoms with E-state index in [-0.39, 0.29) is 0 Å². The summed E-state index contributed by atoms with van der Waals surface area (Å²) in [6, 6.07) is 43.5. The molecule has 0 atom stereocenters. The molecule has 43 heavy (non-hydrogen) atoms. The topological polar surface area (TPSA) is 40.1 Å². The number of nitrogens with zero attached hydrogens (tertiary/aromatic N) is 5. The average molecular weight is 550 g/mol. The van der Waals surface area contributed by atoms with Crippen LogP contribution in [0, 0.1) is 0 Å². The van der Waals surface area contributed by atoms with Crippen molar-refractivity contribution in [2.24, 2.45) is 0 Å². The van der Waals surface area contributed by atoms with Crippen molar-refractivity contribution in [2.45, 2.75) is 0 Å². The minimum atomic E-state index is 0.912. The molecule has 0 unspecified atom stereocenters. The number of para-hydroxylation sites is 3. The van der Waals surface area contributed by atoms with Crippen LogP contribution < -0.4 is 0 Å². The number of hydrogen-bond acceptors (Lipinski definition) is 2. The van der Waals surface area contributed by atoms with Crippen LogP contribution in [0.25, 0.3) is 82.4 Å². The van der Waals surface area contributed by atoms with Crippen LogP contribution in [0.4, 0.5) is 0 Å². The highest BCUT2D eigenvalue weighted by Gasteiger charge is 2.23. The van der Waals surface area contributed by atoms with Gasteiger partial charge in [-0.25, -0.2) is 9.97 Å². The Morgan fingerprint density at radius 1 is 0.395 bits per heavy atom. The van der Waals surface area contributed by atoms with Gasteiger partial charge in [-0.1, -0.05) is 66.7 Å². The van der Waals surface area contributed by atoms with Crippen molar-refractivity contribution < 1.29 is 0 Å². The maximum Gasteiger partial charge on any atom is 0.146 e. The number of benzene rings is 5. The van der Waals surface area contributed by atoms with Gasteiger partial charge in [0.2, 0.25) is 0 Å². The van der Waals surface area contributed by atoms with Gasteiger partial charge in [0.25, 0.3) is 0 Å². The molecule has 200 valence electrons. The predicted molar refractivity (Wildman–Crippen MR) is 177 cm³/mol. The summed E-state index contributed by atoms with van der Waals surface area (Å²) < 4.78 is 6.98. The fraction of sp³-hybridized carbons (Fsp3) is 0. The number of hydrogen-bond donors (Lipinski definition) is 0. The van der Waals surface area contributed by atoms with Crippen molar-refractivity contribution in [3.8, 4) is 11.4 Å². The molecule has 0 radical (unpaired) electrons. The van der Waals surface area contributed by atoms with Crippen molar-refractivity contribution in [1.82, 2.24) is 23.5 Å². The number of imidazole rings is 1. The molecule has 5 aromatic carbocycles. The first-order valence-electron chi connectivity index (χ1n) is 14.5. The van der Waals surface area contributed by atoms with Crippen LogP contribution in [-0.4, -0.2) is 23.5 Å². The number of fused-ring (bicyclic) bond motifs is 14. The second-order valence-corrected chi connectivity index (χ2v) is 11.1. The fourth-order valence-corrected chi connectivity index (χ4v) is 7.25. The SMILES string of the molecule is c1ccc(-n2c3ccccc3c3ccc4c5c6c7cccnc7n7ccnc7c6ccc5n(-c5ccccc5)c4c32)cc1. The van der Waals surface area contributed by atoms with E-state index in [0.29, 0.717) is 0 Å². The van der Waals surface area contributed by atoms with Gasteiger partial charge in [0.1, 0.15) is 11.3 Å². The Labute approximate surface area is 245 Å². The molecule has 0 aliphatic carbocycles. The zero-order chi connectivity index (χ0) is 28.1. The van der Waals surface area contributed by atoms with E-state index in [4.69, 9.17) is 9.97 Å². The molecular formula is C38H23N5. The molecule has 0 saturated heterocycles. The van der Waals surface area contributed by atoms with Gasteiger partial charge < -0.3 is 9.13 Å². The molecular weight excluding hydrogens is 526 g/mol. The van der Waals surface area contributed by atoms with Crippen LogP contribution in [0.5, 0.6) is 0 Å². The van der Waals surface area contributed by atoms with E-state index in [2.05, 4.69) is 129 Å². The van der Waals surface area contributed by atoms with Gasteiger partial charge in [0.15, 0.2) is 0 Å². The van der Waals surface area contributed by atoms with E-state index in [1.807, 2.05) is 24.7 Å². The Kier molecular flexibility index (Phi) is 4.39. The Bertz CT molecular complexity index is 2710. The summed E-state index contributed by atoms with van der Waals surface area (Å²) in [6.45, 7) is 0. The second kappa shape index (κ2) is 8.30. The van der Waals surface area contributed by atoms with Crippen LogP contribution in [0.1, 0.15) is 0 Å². The van der Waals surface area contributed by atoms with Gasteiger partial charge in [-0.3, -0.25) is 4.40 Å². The first-order chi connectivity index (χ1) is 21.4. The highest BCUT2D eigenvalue weighted by Crippen LogP contribution is 2.45. The van der Waals surface area contributed by atoms with E-state index in [9.17, 15) is 0 Å². The third kappa shape index (κ3) is 2.90. The Morgan fingerprint density at radius 2 is 0.977 bits per heavy atom. The minimum Gasteiger partial charge on any atom is -0.307 e. The summed E-state index contributed by atoms with van der Waals surface area (Å²) in [5.74, 6) is 0. The molecule has 0 bridgehead atoms. The monoisotopic (exact) mass is 549 g/mol. The lowest BCUT2D eigenvalue weighted by Gasteiger charge is -2.12. The van der Waals surface area contributed by atoms with Crippen LogP contribution in [-0.2, 0) is 0 Å². The predicted octanol–water partition coefficient (Wildman–Crippen LogP) is 9.23. The summed E-state index contributed by atoms with van der Waals surface area (Å²) in [5, 5.41) is 8.31. The normalized spacial score (nSPS) is 12.2. The molecule has 10 rings (SSSR count). The van der Waals surface area contributed by atoms with Gasteiger partial charge in [0, 0.05) is 67.7 Å². The fourth-order valence-electron chi connectivity index (χ4n) is 7.25. The first kappa shape index (κ1) is 22.7. The van der Waals surface area contributed by atoms with E-state index < -0.39 is 0 Å². The Balaban J connectivity index is 1.54. The van der Waals surface area contributed by atoms with Gasteiger partial charge in [0.05, 0.1) is 22.1 Å². The highest BCUT2D eigenvalue weighted by atomic mass is 15.1. The molecule has 0 amide bonds. The zero-order valence-corrected chi connectivity index (χ0v) is 23.0. The molecule has 5 heterocycles. The third-order valence-corrected chi connectivity index (χ3v) is 8.92. The summed E-state index contributed by atoms with van der Waals surface area (Å²) >= 11 is 0. The average Bonchev–Trinajstić information content (AvgIpc) is 3.78. The number of rotatable bonds is 2. The lowest BCUT2D eigenvalue weighted by Crippen LogP contribution is -1.98. The first-order valence-corrected chi connectivity index (χ1v) is 14.5. The Morgan fingerprint density at radius 3 is 1.77 bits per heavy atom. The summed E-state index contributed by atoms with van der Waals surface area (Å²) in [7, 11) is 0. The molecule has 5 aromatic heterocycles. The molecule has 0 fully saturated rings. The van der Waals surface area contributed by atoms with Crippen LogP contribution in [0.15, 0.2) is 140 Å². The molecule has 5 nitrogen and oxygen atoms in total. The van der Waals surface area contributed by atoms with Crippen molar-refractivity contribution in [3.05, 3.63) is 140 Å². The smallest absolute Gasteiger partial charge is 0.146 e. The zero-order valence-electron chi connectivity index (χ0n) is 23.0. The van der Waals surface area contributed by atoms with Crippen molar-refractivity contribution in [3.63, 3.8) is 0 Å². The molecule has 0 aliphatic heterocycles. The number of pyridine rings is 2. The van der Waals surface area contributed by atoms with E-state index >= 15 is 0 Å². The standard InChI is InChI=1S/C38H23N5/c1-3-10-24(11-4-1)42-31-16-8-7-14-26(31)27-17-18-28-34-32(43(36(28)35(27)42)25-12-5-2-6-13-25)20-19-30-33(34)29-15-9-21-39-37(29)41-23-22-40-38(30)41/h1-23H. The quantitative estimate of drug-likeness (QED) is 0.202. The van der Waals surface area contributed by atoms with E-state index in [1.165, 1.54) is 43.5 Å². The largest absolute Gasteiger partial charge is 0.307 e. The van der Waals surface area contributed by atoms with Crippen LogP contribution >= 0.6 is 0 Å². The maximum absolute atomic E-state index is 4.83. The van der Waals surface area contributed by atoms with Crippen molar-refractivity contribution in [1.29, 1.82) is 0 Å². The summed E-state index contributed by atoms with van der Waals surface area (Å²) in [4.78, 5) is 9.62. The van der Waals surface area contributed by atoms with Gasteiger partial charge >= 0.3 is 0 Å². The maximum atomic E-state index is 4.83. The molecule has 0 spiro atoms. The summed E-state index contributed by atoms with van der Waals surface area (Å²) in [5.41, 5.74) is 8.84. The molecule has 5 heteroatoms. The second-order valence-electron chi connectivity index (χ2n) is 11.1. The minimum absolute atomic E-state index is 0.912. The molecule has 0 aliphatic rings. The number of aromatic nitrogens is 5. The van der Waals surface area contributed by atoms with Crippen LogP contribution in [0.2, 0.25) is 0 Å². The van der Waals surface area contributed by atoms with Gasteiger partial charge in [-0.05, 0) is 54.6 Å². The van der Waals surface area contributed by atoms with Crippen LogP contribution in [0.3, 0.4) is 0 Å². The Hall–Kier alpha value is -5.94. The lowest BCUT2D eigenvalue weighted by atomic mass is 10.0. The van der Waals surface area contributed by atoms with E-state index in [0.717, 1.165) is 39.0 Å². The van der Waals surface area contributed by atoms with Gasteiger partial charge in [-0.15, -0.1) is 0 Å². The van der Waals surface area contributed by atoms with Gasteiger partial charge in [-0.2, -0.15) is 0 Å². The highest BCUT2D eigenvalue weighted by molar-refractivity contribution is 6.33. The molecule has 0 N–H and O–H groups in total. The molecule has 10 aromatic rings. The van der Waals surface area contributed by atoms with E-state index in [1.54, 1.807) is 0 Å².